The minimum Gasteiger partial charge on any atom is -0.497 e. The highest BCUT2D eigenvalue weighted by Crippen LogP contribution is 2.28. The molecule has 3 amide bonds. The fourth-order valence-corrected chi connectivity index (χ4v) is 4.03. The maximum atomic E-state index is 13.6. The fourth-order valence-electron chi connectivity index (χ4n) is 4.03. The number of anilines is 1. The molecule has 1 aliphatic heterocycles. The molecule has 0 fully saturated rings. The number of amides is 3. The van der Waals surface area contributed by atoms with E-state index in [9.17, 15) is 14.4 Å². The zero-order chi connectivity index (χ0) is 22.9. The van der Waals surface area contributed by atoms with Gasteiger partial charge in [0.05, 0.1) is 18.2 Å². The molecule has 1 aliphatic rings. The van der Waals surface area contributed by atoms with Crippen molar-refractivity contribution in [3.05, 3.63) is 108 Å². The smallest absolute Gasteiger partial charge is 0.263 e. The van der Waals surface area contributed by atoms with Crippen molar-refractivity contribution < 1.29 is 19.1 Å². The number of nitrogens with zero attached hydrogens (tertiary/aromatic N) is 2. The van der Waals surface area contributed by atoms with Crippen LogP contribution in [0.1, 0.15) is 31.1 Å². The number of hydrogen-bond acceptors (Lipinski definition) is 4. The topological polar surface area (TPSA) is 66.9 Å². The molecule has 1 heterocycles. The van der Waals surface area contributed by atoms with E-state index in [0.717, 1.165) is 15.7 Å². The summed E-state index contributed by atoms with van der Waals surface area (Å²) in [5.41, 5.74) is 1.65. The molecule has 0 spiro atoms. The highest BCUT2D eigenvalue weighted by molar-refractivity contribution is 6.22. The van der Waals surface area contributed by atoms with Crippen LogP contribution in [0.15, 0.2) is 91.0 Å². The van der Waals surface area contributed by atoms with Gasteiger partial charge in [0.15, 0.2) is 0 Å². The molecule has 4 aromatic carbocycles. The van der Waals surface area contributed by atoms with Gasteiger partial charge in [0.25, 0.3) is 17.7 Å². The lowest BCUT2D eigenvalue weighted by Crippen LogP contribution is -2.44. The van der Waals surface area contributed by atoms with E-state index in [1.165, 1.54) is 12.0 Å². The Hall–Kier alpha value is -4.45. The maximum absolute atomic E-state index is 13.6. The van der Waals surface area contributed by atoms with Crippen molar-refractivity contribution in [3.63, 3.8) is 0 Å². The third kappa shape index (κ3) is 3.61. The molecule has 6 nitrogen and oxygen atoms in total. The molecule has 162 valence electrons. The maximum Gasteiger partial charge on any atom is 0.263 e. The highest BCUT2D eigenvalue weighted by Gasteiger charge is 2.37. The molecule has 4 aromatic rings. The normalized spacial score (nSPS) is 12.7. The molecule has 0 saturated carbocycles. The summed E-state index contributed by atoms with van der Waals surface area (Å²) in [6, 6.07) is 26.9. The first-order valence-electron chi connectivity index (χ1n) is 10.5. The average molecular weight is 436 g/mol. The van der Waals surface area contributed by atoms with E-state index in [-0.39, 0.29) is 12.6 Å². The molecule has 0 N–H and O–H groups in total. The van der Waals surface area contributed by atoms with Crippen molar-refractivity contribution >= 4 is 34.2 Å². The van der Waals surface area contributed by atoms with Crippen molar-refractivity contribution in [1.29, 1.82) is 0 Å². The SMILES string of the molecule is COc1cccc(C(=O)N(CN2C(=O)c3ccccc3C2=O)c2ccc3ccccc3c2)c1. The number of carbonyl (C=O) groups excluding carboxylic acids is 3. The Balaban J connectivity index is 1.57. The van der Waals surface area contributed by atoms with E-state index in [1.54, 1.807) is 48.5 Å². The molecular weight excluding hydrogens is 416 g/mol. The molecule has 0 saturated heterocycles. The van der Waals surface area contributed by atoms with Crippen LogP contribution in [-0.4, -0.2) is 36.4 Å². The lowest BCUT2D eigenvalue weighted by atomic mass is 10.1. The summed E-state index contributed by atoms with van der Waals surface area (Å²) < 4.78 is 5.27. The molecular formula is C27H20N2O4. The predicted octanol–water partition coefficient (Wildman–Crippen LogP) is 4.75. The first-order valence-corrected chi connectivity index (χ1v) is 10.5. The van der Waals surface area contributed by atoms with Crippen LogP contribution in [0.25, 0.3) is 10.8 Å². The molecule has 0 radical (unpaired) electrons. The van der Waals surface area contributed by atoms with Crippen LogP contribution in [-0.2, 0) is 0 Å². The van der Waals surface area contributed by atoms with Gasteiger partial charge in [-0.25, -0.2) is 0 Å². The molecule has 33 heavy (non-hydrogen) atoms. The minimum atomic E-state index is -0.417. The summed E-state index contributed by atoms with van der Waals surface area (Å²) in [6.07, 6.45) is 0. The lowest BCUT2D eigenvalue weighted by molar-refractivity contribution is 0.0650. The molecule has 5 rings (SSSR count). The van der Waals surface area contributed by atoms with Crippen LogP contribution >= 0.6 is 0 Å². The second-order valence-corrected chi connectivity index (χ2v) is 7.72. The minimum absolute atomic E-state index is 0.208. The fraction of sp³-hybridized carbons (Fsp3) is 0.0741. The summed E-state index contributed by atoms with van der Waals surface area (Å²) in [5, 5.41) is 1.97. The Morgan fingerprint density at radius 2 is 1.45 bits per heavy atom. The van der Waals surface area contributed by atoms with Crippen molar-refractivity contribution in [1.82, 2.24) is 4.90 Å². The van der Waals surface area contributed by atoms with Crippen LogP contribution in [0.3, 0.4) is 0 Å². The van der Waals surface area contributed by atoms with E-state index in [1.807, 2.05) is 42.5 Å². The summed E-state index contributed by atoms with van der Waals surface area (Å²) in [4.78, 5) is 42.2. The standard InChI is InChI=1S/C27H20N2O4/c1-33-22-10-6-9-20(16-22)25(30)28(21-14-13-18-7-2-3-8-19(18)15-21)17-29-26(31)23-11-4-5-12-24(23)27(29)32/h2-16H,17H2,1H3. The Kier molecular flexibility index (Phi) is 5.11. The number of fused-ring (bicyclic) bond motifs is 2. The second-order valence-electron chi connectivity index (χ2n) is 7.72. The molecule has 0 bridgehead atoms. The third-order valence-corrected chi connectivity index (χ3v) is 5.77. The van der Waals surface area contributed by atoms with E-state index in [2.05, 4.69) is 0 Å². The Morgan fingerprint density at radius 1 is 0.788 bits per heavy atom. The van der Waals surface area contributed by atoms with Crippen molar-refractivity contribution in [2.45, 2.75) is 0 Å². The van der Waals surface area contributed by atoms with E-state index < -0.39 is 11.8 Å². The van der Waals surface area contributed by atoms with Gasteiger partial charge in [0.2, 0.25) is 0 Å². The van der Waals surface area contributed by atoms with Crippen LogP contribution in [0, 0.1) is 0 Å². The largest absolute Gasteiger partial charge is 0.497 e. The Labute approximate surface area is 190 Å². The number of imide groups is 1. The van der Waals surface area contributed by atoms with Crippen LogP contribution in [0.5, 0.6) is 5.75 Å². The number of hydrogen-bond donors (Lipinski definition) is 0. The molecule has 0 aromatic heterocycles. The Morgan fingerprint density at radius 3 is 2.15 bits per heavy atom. The molecule has 0 aliphatic carbocycles. The second kappa shape index (κ2) is 8.24. The molecule has 0 unspecified atom stereocenters. The number of ether oxygens (including phenoxy) is 1. The summed E-state index contributed by atoms with van der Waals surface area (Å²) in [7, 11) is 1.53. The van der Waals surface area contributed by atoms with Gasteiger partial charge in [-0.15, -0.1) is 0 Å². The lowest BCUT2D eigenvalue weighted by Gasteiger charge is -2.27. The van der Waals surface area contributed by atoms with E-state index >= 15 is 0 Å². The first kappa shape index (κ1) is 20.5. The number of carbonyl (C=O) groups is 3. The zero-order valence-electron chi connectivity index (χ0n) is 17.9. The number of benzene rings is 4. The summed E-state index contributed by atoms with van der Waals surface area (Å²) >= 11 is 0. The van der Waals surface area contributed by atoms with Crippen LogP contribution in [0.4, 0.5) is 5.69 Å². The van der Waals surface area contributed by atoms with E-state index in [4.69, 9.17) is 4.74 Å². The number of methoxy groups -OCH3 is 1. The van der Waals surface area contributed by atoms with Gasteiger partial charge in [0, 0.05) is 11.3 Å². The highest BCUT2D eigenvalue weighted by atomic mass is 16.5. The van der Waals surface area contributed by atoms with Crippen LogP contribution in [0.2, 0.25) is 0 Å². The quantitative estimate of drug-likeness (QED) is 0.424. The van der Waals surface area contributed by atoms with Gasteiger partial charge in [-0.2, -0.15) is 0 Å². The van der Waals surface area contributed by atoms with Crippen molar-refractivity contribution in [2.24, 2.45) is 0 Å². The summed E-state index contributed by atoms with van der Waals surface area (Å²) in [5.74, 6) is -0.638. The average Bonchev–Trinajstić information content (AvgIpc) is 3.11. The first-order chi connectivity index (χ1) is 16.1. The van der Waals surface area contributed by atoms with E-state index in [0.29, 0.717) is 28.1 Å². The molecule has 6 heteroatoms. The zero-order valence-corrected chi connectivity index (χ0v) is 17.9. The monoisotopic (exact) mass is 436 g/mol. The van der Waals surface area contributed by atoms with Crippen LogP contribution < -0.4 is 9.64 Å². The number of rotatable bonds is 5. The van der Waals surface area contributed by atoms with Crippen molar-refractivity contribution in [3.8, 4) is 5.75 Å². The summed E-state index contributed by atoms with van der Waals surface area (Å²) in [6.45, 7) is -0.208. The predicted molar refractivity (Wildman–Crippen MR) is 126 cm³/mol. The van der Waals surface area contributed by atoms with Gasteiger partial charge in [0.1, 0.15) is 12.4 Å². The van der Waals surface area contributed by atoms with Gasteiger partial charge in [-0.3, -0.25) is 24.2 Å². The van der Waals surface area contributed by atoms with Gasteiger partial charge in [-0.05, 0) is 53.2 Å². The van der Waals surface area contributed by atoms with Gasteiger partial charge < -0.3 is 4.74 Å². The van der Waals surface area contributed by atoms with Crippen molar-refractivity contribution in [2.75, 3.05) is 18.7 Å². The van der Waals surface area contributed by atoms with Gasteiger partial charge >= 0.3 is 0 Å². The molecule has 0 atom stereocenters. The third-order valence-electron chi connectivity index (χ3n) is 5.77. The Bertz CT molecular complexity index is 1380. The van der Waals surface area contributed by atoms with Gasteiger partial charge in [-0.1, -0.05) is 48.5 Å².